The van der Waals surface area contributed by atoms with Crippen LogP contribution in [0.4, 0.5) is 0 Å². The van der Waals surface area contributed by atoms with Crippen molar-refractivity contribution in [2.75, 3.05) is 0 Å². The van der Waals surface area contributed by atoms with E-state index in [1.807, 2.05) is 12.2 Å². The summed E-state index contributed by atoms with van der Waals surface area (Å²) < 4.78 is 0. The SMILES string of the molecule is C=CC(C)C.C=CC(C)C. The summed E-state index contributed by atoms with van der Waals surface area (Å²) in [6, 6.07) is 0. The van der Waals surface area contributed by atoms with Crippen molar-refractivity contribution in [3.8, 4) is 0 Å². The van der Waals surface area contributed by atoms with Gasteiger partial charge in [0, 0.05) is 0 Å². The summed E-state index contributed by atoms with van der Waals surface area (Å²) in [7, 11) is 0. The average molecular weight is 140 g/mol. The standard InChI is InChI=1S/2C5H10/c2*1-4-5(2)3/h2*4-5H,1H2,2-3H3. The van der Waals surface area contributed by atoms with E-state index in [2.05, 4.69) is 40.9 Å². The molecule has 0 radical (unpaired) electrons. The average Bonchev–Trinajstić information content (AvgIpc) is 1.89. The molecule has 0 aliphatic carbocycles. The van der Waals surface area contributed by atoms with Gasteiger partial charge in [-0.1, -0.05) is 39.8 Å². The van der Waals surface area contributed by atoms with Gasteiger partial charge in [0.25, 0.3) is 0 Å². The minimum atomic E-state index is 0.648. The van der Waals surface area contributed by atoms with Crippen LogP contribution >= 0.6 is 0 Å². The maximum Gasteiger partial charge on any atom is -0.0293 e. The van der Waals surface area contributed by atoms with Crippen LogP contribution < -0.4 is 0 Å². The van der Waals surface area contributed by atoms with Gasteiger partial charge in [0.15, 0.2) is 0 Å². The molecule has 0 unspecified atom stereocenters. The largest absolute Gasteiger partial charge is 0.103 e. The molecule has 0 aromatic heterocycles. The first kappa shape index (κ1) is 12.2. The van der Waals surface area contributed by atoms with Gasteiger partial charge in [-0.25, -0.2) is 0 Å². The summed E-state index contributed by atoms with van der Waals surface area (Å²) in [5.74, 6) is 1.30. The molecule has 0 saturated carbocycles. The van der Waals surface area contributed by atoms with Gasteiger partial charge in [-0.15, -0.1) is 13.2 Å². The highest BCUT2D eigenvalue weighted by Gasteiger charge is 1.74. The molecule has 0 heterocycles. The van der Waals surface area contributed by atoms with Crippen molar-refractivity contribution < 1.29 is 0 Å². The molecule has 0 spiro atoms. The van der Waals surface area contributed by atoms with Crippen molar-refractivity contribution in [3.05, 3.63) is 25.3 Å². The molecule has 0 nitrogen and oxygen atoms in total. The summed E-state index contributed by atoms with van der Waals surface area (Å²) in [6.45, 7) is 15.5. The first-order valence-corrected chi connectivity index (χ1v) is 3.79. The van der Waals surface area contributed by atoms with Crippen molar-refractivity contribution >= 4 is 0 Å². The van der Waals surface area contributed by atoms with Crippen molar-refractivity contribution in [3.63, 3.8) is 0 Å². The normalized spacial score (nSPS) is 8.60. The minimum absolute atomic E-state index is 0.648. The van der Waals surface area contributed by atoms with Gasteiger partial charge in [-0.05, 0) is 11.8 Å². The van der Waals surface area contributed by atoms with Crippen LogP contribution in [-0.2, 0) is 0 Å². The Kier molecular flexibility index (Phi) is 10.3. The zero-order valence-corrected chi connectivity index (χ0v) is 7.72. The van der Waals surface area contributed by atoms with Gasteiger partial charge in [0.2, 0.25) is 0 Å². The molecular formula is C10H20. The van der Waals surface area contributed by atoms with Gasteiger partial charge >= 0.3 is 0 Å². The Bertz CT molecular complexity index is 66.0. The van der Waals surface area contributed by atoms with E-state index < -0.39 is 0 Å². The van der Waals surface area contributed by atoms with Crippen LogP contribution in [0.1, 0.15) is 27.7 Å². The summed E-state index contributed by atoms with van der Waals surface area (Å²) in [5, 5.41) is 0. The fraction of sp³-hybridized carbons (Fsp3) is 0.600. The first-order valence-electron chi connectivity index (χ1n) is 3.79. The maximum absolute atomic E-state index is 3.56. The maximum atomic E-state index is 3.56. The highest BCUT2D eigenvalue weighted by atomic mass is 13.8. The Balaban J connectivity index is 0. The third kappa shape index (κ3) is 25.9. The van der Waals surface area contributed by atoms with Crippen molar-refractivity contribution in [2.45, 2.75) is 27.7 Å². The van der Waals surface area contributed by atoms with Crippen molar-refractivity contribution in [1.82, 2.24) is 0 Å². The number of hydrogen-bond donors (Lipinski definition) is 0. The molecule has 0 fully saturated rings. The molecule has 0 bridgehead atoms. The van der Waals surface area contributed by atoms with E-state index in [9.17, 15) is 0 Å². The topological polar surface area (TPSA) is 0 Å². The highest BCUT2D eigenvalue weighted by molar-refractivity contribution is 4.69. The number of hydrogen-bond acceptors (Lipinski definition) is 0. The van der Waals surface area contributed by atoms with E-state index in [0.29, 0.717) is 11.8 Å². The van der Waals surface area contributed by atoms with Gasteiger partial charge < -0.3 is 0 Å². The van der Waals surface area contributed by atoms with Crippen LogP contribution in [0.15, 0.2) is 25.3 Å². The summed E-state index contributed by atoms with van der Waals surface area (Å²) in [4.78, 5) is 0. The Hall–Kier alpha value is -0.520. The van der Waals surface area contributed by atoms with E-state index in [0.717, 1.165) is 0 Å². The van der Waals surface area contributed by atoms with Gasteiger partial charge in [-0.3, -0.25) is 0 Å². The quantitative estimate of drug-likeness (QED) is 0.513. The Morgan fingerprint density at radius 2 is 0.900 bits per heavy atom. The second-order valence-electron chi connectivity index (χ2n) is 2.96. The van der Waals surface area contributed by atoms with Gasteiger partial charge in [0.05, 0.1) is 0 Å². The molecule has 0 atom stereocenters. The van der Waals surface area contributed by atoms with E-state index in [-0.39, 0.29) is 0 Å². The highest BCUT2D eigenvalue weighted by Crippen LogP contribution is 1.87. The first-order chi connectivity index (χ1) is 4.54. The van der Waals surface area contributed by atoms with Crippen molar-refractivity contribution in [2.24, 2.45) is 11.8 Å². The third-order valence-corrected chi connectivity index (χ3v) is 0.943. The second kappa shape index (κ2) is 8.48. The minimum Gasteiger partial charge on any atom is -0.103 e. The summed E-state index contributed by atoms with van der Waals surface area (Å²) in [6.07, 6.45) is 3.83. The predicted molar refractivity (Wildman–Crippen MR) is 50.1 cm³/mol. The fourth-order valence-electron chi connectivity index (χ4n) is 0. The lowest BCUT2D eigenvalue weighted by Crippen LogP contribution is -1.71. The number of allylic oxidation sites excluding steroid dienone is 2. The van der Waals surface area contributed by atoms with E-state index in [1.165, 1.54) is 0 Å². The van der Waals surface area contributed by atoms with E-state index >= 15 is 0 Å². The third-order valence-electron chi connectivity index (χ3n) is 0.943. The Morgan fingerprint density at radius 3 is 0.900 bits per heavy atom. The zero-order valence-electron chi connectivity index (χ0n) is 7.72. The molecule has 10 heavy (non-hydrogen) atoms. The molecule has 60 valence electrons. The monoisotopic (exact) mass is 140 g/mol. The molecule has 0 saturated heterocycles. The molecule has 0 aromatic carbocycles. The van der Waals surface area contributed by atoms with Crippen LogP contribution in [0.25, 0.3) is 0 Å². The van der Waals surface area contributed by atoms with Crippen LogP contribution in [0.3, 0.4) is 0 Å². The molecular weight excluding hydrogens is 120 g/mol. The fourth-order valence-corrected chi connectivity index (χ4v) is 0. The van der Waals surface area contributed by atoms with Gasteiger partial charge in [0.1, 0.15) is 0 Å². The predicted octanol–water partition coefficient (Wildman–Crippen LogP) is 3.66. The molecule has 0 rings (SSSR count). The zero-order chi connectivity index (χ0) is 8.57. The Labute approximate surface area is 65.7 Å². The van der Waals surface area contributed by atoms with E-state index in [4.69, 9.17) is 0 Å². The Morgan fingerprint density at radius 1 is 0.800 bits per heavy atom. The lowest BCUT2D eigenvalue weighted by molar-refractivity contribution is 0.834. The molecule has 0 heteroatoms. The van der Waals surface area contributed by atoms with E-state index in [1.54, 1.807) is 0 Å². The van der Waals surface area contributed by atoms with Crippen LogP contribution in [-0.4, -0.2) is 0 Å². The lowest BCUT2D eigenvalue weighted by Gasteiger charge is -1.84. The second-order valence-corrected chi connectivity index (χ2v) is 2.96. The van der Waals surface area contributed by atoms with Crippen molar-refractivity contribution in [1.29, 1.82) is 0 Å². The molecule has 0 aliphatic rings. The van der Waals surface area contributed by atoms with Crippen LogP contribution in [0.5, 0.6) is 0 Å². The molecule has 0 N–H and O–H groups in total. The lowest BCUT2D eigenvalue weighted by atomic mass is 10.2. The smallest absolute Gasteiger partial charge is 0.0293 e. The summed E-state index contributed by atoms with van der Waals surface area (Å²) in [5.41, 5.74) is 0. The molecule has 0 aromatic rings. The molecule has 0 aliphatic heterocycles. The van der Waals surface area contributed by atoms with Gasteiger partial charge in [-0.2, -0.15) is 0 Å². The summed E-state index contributed by atoms with van der Waals surface area (Å²) >= 11 is 0. The number of rotatable bonds is 2. The van der Waals surface area contributed by atoms with Crippen LogP contribution in [0.2, 0.25) is 0 Å². The van der Waals surface area contributed by atoms with Crippen LogP contribution in [0, 0.1) is 11.8 Å². The molecule has 0 amide bonds.